The predicted molar refractivity (Wildman–Crippen MR) is 125 cm³/mol. The lowest BCUT2D eigenvalue weighted by molar-refractivity contribution is 0.236. The summed E-state index contributed by atoms with van der Waals surface area (Å²) in [6.45, 7) is 12.3. The Kier molecular flexibility index (Phi) is 6.59. The van der Waals surface area contributed by atoms with Gasteiger partial charge in [0.2, 0.25) is 0 Å². The molecule has 0 heterocycles. The number of hydrogen-bond donors (Lipinski definition) is 4. The van der Waals surface area contributed by atoms with Gasteiger partial charge in [-0.2, -0.15) is 0 Å². The van der Waals surface area contributed by atoms with Gasteiger partial charge in [0.1, 0.15) is 23.0 Å². The maximum absolute atomic E-state index is 10.9. The van der Waals surface area contributed by atoms with Crippen LogP contribution >= 0.6 is 0 Å². The molecule has 0 amide bonds. The Balaban J connectivity index is 2.29. The number of aliphatic hydroxyl groups is 2. The minimum absolute atomic E-state index is 0.0355. The van der Waals surface area contributed by atoms with Gasteiger partial charge in [0.25, 0.3) is 0 Å². The largest absolute Gasteiger partial charge is 0.508 e. The maximum atomic E-state index is 10.9. The molecule has 4 atom stereocenters. The molecular formula is C27H36O4. The molecule has 0 bridgehead atoms. The molecule has 0 saturated carbocycles. The second kappa shape index (κ2) is 8.86. The molecule has 0 saturated heterocycles. The van der Waals surface area contributed by atoms with Gasteiger partial charge in [-0.3, -0.25) is 0 Å². The van der Waals surface area contributed by atoms with E-state index in [0.717, 1.165) is 40.7 Å². The van der Waals surface area contributed by atoms with Gasteiger partial charge in [-0.05, 0) is 99.1 Å². The fourth-order valence-corrected chi connectivity index (χ4v) is 5.65. The third-order valence-electron chi connectivity index (χ3n) is 7.71. The van der Waals surface area contributed by atoms with Gasteiger partial charge >= 0.3 is 0 Å². The lowest BCUT2D eigenvalue weighted by Crippen LogP contribution is -2.35. The molecule has 0 aliphatic heterocycles. The zero-order valence-electron chi connectivity index (χ0n) is 19.5. The molecular weight excluding hydrogens is 388 g/mol. The van der Waals surface area contributed by atoms with E-state index in [0.29, 0.717) is 11.5 Å². The van der Waals surface area contributed by atoms with Crippen LogP contribution < -0.4 is 0 Å². The third kappa shape index (κ3) is 4.00. The van der Waals surface area contributed by atoms with Crippen LogP contribution in [0.25, 0.3) is 0 Å². The van der Waals surface area contributed by atoms with Gasteiger partial charge in [-0.25, -0.2) is 0 Å². The van der Waals surface area contributed by atoms with Gasteiger partial charge in [0, 0.05) is 12.0 Å². The number of phenolic OH excluding ortho intramolecular Hbond substituents is 2. The van der Waals surface area contributed by atoms with Crippen molar-refractivity contribution in [3.63, 3.8) is 0 Å². The molecule has 0 radical (unpaired) electrons. The van der Waals surface area contributed by atoms with Gasteiger partial charge in [0.15, 0.2) is 0 Å². The molecule has 2 aliphatic rings. The molecule has 0 aromatic heterocycles. The van der Waals surface area contributed by atoms with E-state index < -0.39 is 0 Å². The van der Waals surface area contributed by atoms with Gasteiger partial charge in [-0.15, -0.1) is 0 Å². The molecule has 3 rings (SSSR count). The van der Waals surface area contributed by atoms with Crippen molar-refractivity contribution >= 4 is 0 Å². The number of allylic oxidation sites excluding steroid dienone is 6. The Labute approximate surface area is 186 Å². The Morgan fingerprint density at radius 3 is 1.58 bits per heavy atom. The molecule has 4 N–H and O–H groups in total. The highest BCUT2D eigenvalue weighted by Crippen LogP contribution is 2.54. The van der Waals surface area contributed by atoms with Crippen molar-refractivity contribution in [1.29, 1.82) is 0 Å². The van der Waals surface area contributed by atoms with Crippen molar-refractivity contribution in [1.82, 2.24) is 0 Å². The average molecular weight is 425 g/mol. The number of benzene rings is 1. The summed E-state index contributed by atoms with van der Waals surface area (Å²) in [6, 6.07) is 4.87. The van der Waals surface area contributed by atoms with Crippen LogP contribution in [0.1, 0.15) is 65.9 Å². The van der Waals surface area contributed by atoms with Crippen molar-refractivity contribution in [2.75, 3.05) is 0 Å². The minimum Gasteiger partial charge on any atom is -0.508 e. The molecule has 31 heavy (non-hydrogen) atoms. The summed E-state index contributed by atoms with van der Waals surface area (Å²) in [5, 5.41) is 41.9. The van der Waals surface area contributed by atoms with Crippen molar-refractivity contribution < 1.29 is 20.4 Å². The fraction of sp³-hybridized carbons (Fsp3) is 0.481. The molecule has 4 nitrogen and oxygen atoms in total. The Hall–Kier alpha value is -2.62. The standard InChI is InChI=1S/C27H36O4/c1-7-18-11-22(29)14(3)16(5)25(18)27(21-10-9-20(28)13-24(21)31)26-17(6)15(4)23(30)12-19(26)8-2/h9-13,18-19,25-31H,7-8H2,1-6H3. The smallest absolute Gasteiger partial charge is 0.122 e. The highest BCUT2D eigenvalue weighted by Gasteiger charge is 2.43. The van der Waals surface area contributed by atoms with Gasteiger partial charge < -0.3 is 20.4 Å². The maximum Gasteiger partial charge on any atom is 0.122 e. The fourth-order valence-electron chi connectivity index (χ4n) is 5.65. The Morgan fingerprint density at radius 2 is 1.19 bits per heavy atom. The summed E-state index contributed by atoms with van der Waals surface area (Å²) in [4.78, 5) is 0. The highest BCUT2D eigenvalue weighted by molar-refractivity contribution is 5.48. The molecule has 0 spiro atoms. The van der Waals surface area contributed by atoms with E-state index >= 15 is 0 Å². The first-order valence-corrected chi connectivity index (χ1v) is 11.3. The monoisotopic (exact) mass is 424 g/mol. The molecule has 2 aliphatic carbocycles. The van der Waals surface area contributed by atoms with Crippen LogP contribution in [0.15, 0.2) is 64.2 Å². The van der Waals surface area contributed by atoms with Gasteiger partial charge in [0.05, 0.1) is 0 Å². The van der Waals surface area contributed by atoms with Crippen LogP contribution in [-0.2, 0) is 0 Å². The summed E-state index contributed by atoms with van der Waals surface area (Å²) in [5.74, 6) is 1.11. The van der Waals surface area contributed by atoms with Crippen molar-refractivity contribution in [2.24, 2.45) is 23.7 Å². The molecule has 4 heteroatoms. The lowest BCUT2D eigenvalue weighted by Gasteiger charge is -2.45. The normalized spacial score (nSPS) is 27.8. The topological polar surface area (TPSA) is 80.9 Å². The van der Waals surface area contributed by atoms with Crippen LogP contribution in [-0.4, -0.2) is 20.4 Å². The van der Waals surface area contributed by atoms with Gasteiger partial charge in [-0.1, -0.05) is 31.1 Å². The number of phenols is 2. The van der Waals surface area contributed by atoms with E-state index in [4.69, 9.17) is 0 Å². The first-order valence-electron chi connectivity index (χ1n) is 11.3. The van der Waals surface area contributed by atoms with Crippen LogP contribution in [0.2, 0.25) is 0 Å². The van der Waals surface area contributed by atoms with E-state index in [1.807, 2.05) is 32.1 Å². The number of rotatable bonds is 5. The van der Waals surface area contributed by atoms with Crippen LogP contribution in [0.5, 0.6) is 11.5 Å². The molecule has 0 fully saturated rings. The lowest BCUT2D eigenvalue weighted by atomic mass is 9.59. The van der Waals surface area contributed by atoms with E-state index in [1.54, 1.807) is 6.07 Å². The molecule has 1 aromatic carbocycles. The van der Waals surface area contributed by atoms with E-state index in [2.05, 4.69) is 27.7 Å². The molecule has 1 aromatic rings. The molecule has 4 unspecified atom stereocenters. The first kappa shape index (κ1) is 23.1. The summed E-state index contributed by atoms with van der Waals surface area (Å²) in [6.07, 6.45) is 5.64. The van der Waals surface area contributed by atoms with Crippen LogP contribution in [0.4, 0.5) is 0 Å². The van der Waals surface area contributed by atoms with Crippen molar-refractivity contribution in [2.45, 2.75) is 60.3 Å². The predicted octanol–water partition coefficient (Wildman–Crippen LogP) is 7.05. The Bertz CT molecular complexity index is 925. The van der Waals surface area contributed by atoms with Crippen molar-refractivity contribution in [3.05, 3.63) is 69.7 Å². The SMILES string of the molecule is CCC1C=C(O)C(C)=C(C)C1C(c1ccc(O)cc1O)C1C(C)=C(C)C(O)=CC1CC. The van der Waals surface area contributed by atoms with E-state index in [9.17, 15) is 20.4 Å². The summed E-state index contributed by atoms with van der Waals surface area (Å²) in [5.41, 5.74) is 4.83. The van der Waals surface area contributed by atoms with Crippen LogP contribution in [0.3, 0.4) is 0 Å². The van der Waals surface area contributed by atoms with Crippen molar-refractivity contribution in [3.8, 4) is 11.5 Å². The minimum atomic E-state index is -0.0749. The zero-order chi connectivity index (χ0) is 23.0. The van der Waals surface area contributed by atoms with Crippen LogP contribution in [0, 0.1) is 23.7 Å². The number of aliphatic hydroxyl groups excluding tert-OH is 2. The first-order chi connectivity index (χ1) is 14.6. The Morgan fingerprint density at radius 1 is 0.742 bits per heavy atom. The number of aromatic hydroxyl groups is 2. The second-order valence-corrected chi connectivity index (χ2v) is 9.18. The zero-order valence-corrected chi connectivity index (χ0v) is 19.5. The number of hydrogen-bond acceptors (Lipinski definition) is 4. The summed E-state index contributed by atoms with van der Waals surface area (Å²) < 4.78 is 0. The highest BCUT2D eigenvalue weighted by atomic mass is 16.3. The molecule has 168 valence electrons. The van der Waals surface area contributed by atoms with E-state index in [-0.39, 0.29) is 41.1 Å². The summed E-state index contributed by atoms with van der Waals surface area (Å²) in [7, 11) is 0. The summed E-state index contributed by atoms with van der Waals surface area (Å²) >= 11 is 0. The quantitative estimate of drug-likeness (QED) is 0.408. The van der Waals surface area contributed by atoms with E-state index in [1.165, 1.54) is 6.07 Å². The third-order valence-corrected chi connectivity index (χ3v) is 7.71. The average Bonchev–Trinajstić information content (AvgIpc) is 2.73. The second-order valence-electron chi connectivity index (χ2n) is 9.18.